The first-order chi connectivity index (χ1) is 8.97. The van der Waals surface area contributed by atoms with E-state index in [4.69, 9.17) is 10.3 Å². The fraction of sp³-hybridized carbons (Fsp3) is 0.714. The number of carbonyl (C=O) groups excluding carboxylic acids is 1. The van der Waals surface area contributed by atoms with Crippen molar-refractivity contribution in [2.24, 2.45) is 11.1 Å². The minimum atomic E-state index is 0.0596. The highest BCUT2D eigenvalue weighted by Crippen LogP contribution is 2.43. The van der Waals surface area contributed by atoms with E-state index in [-0.39, 0.29) is 11.3 Å². The molecule has 1 aromatic rings. The van der Waals surface area contributed by atoms with E-state index in [0.29, 0.717) is 19.5 Å². The van der Waals surface area contributed by atoms with Gasteiger partial charge in [-0.2, -0.15) is 0 Å². The summed E-state index contributed by atoms with van der Waals surface area (Å²) < 4.78 is 5.12. The smallest absolute Gasteiger partial charge is 0.223 e. The number of nitrogens with two attached hydrogens (primary N) is 1. The van der Waals surface area contributed by atoms with Crippen LogP contribution in [0.5, 0.6) is 0 Å². The van der Waals surface area contributed by atoms with Gasteiger partial charge in [-0.05, 0) is 38.6 Å². The van der Waals surface area contributed by atoms with Gasteiger partial charge in [-0.3, -0.25) is 4.79 Å². The third-order valence-electron chi connectivity index (χ3n) is 4.38. The number of hydrogen-bond donors (Lipinski definition) is 1. The second-order valence-electron chi connectivity index (χ2n) is 5.79. The predicted molar refractivity (Wildman–Crippen MR) is 72.4 cm³/mol. The quantitative estimate of drug-likeness (QED) is 0.880. The highest BCUT2D eigenvalue weighted by atomic mass is 16.5. The van der Waals surface area contributed by atoms with Crippen molar-refractivity contribution in [1.29, 1.82) is 0 Å². The van der Waals surface area contributed by atoms with E-state index in [1.165, 1.54) is 6.42 Å². The average Bonchev–Trinajstić information content (AvgIpc) is 2.65. The fourth-order valence-electron chi connectivity index (χ4n) is 2.64. The number of aromatic nitrogens is 1. The lowest BCUT2D eigenvalue weighted by atomic mass is 9.66. The summed E-state index contributed by atoms with van der Waals surface area (Å²) >= 11 is 0. The van der Waals surface area contributed by atoms with Gasteiger partial charge in [0.25, 0.3) is 0 Å². The van der Waals surface area contributed by atoms with Gasteiger partial charge >= 0.3 is 0 Å². The molecule has 1 fully saturated rings. The molecule has 0 atom stereocenters. The Morgan fingerprint density at radius 3 is 2.58 bits per heavy atom. The van der Waals surface area contributed by atoms with E-state index < -0.39 is 0 Å². The van der Waals surface area contributed by atoms with Crippen molar-refractivity contribution in [3.05, 3.63) is 17.0 Å². The minimum Gasteiger partial charge on any atom is -0.361 e. The van der Waals surface area contributed by atoms with Crippen molar-refractivity contribution in [2.75, 3.05) is 13.6 Å². The first kappa shape index (κ1) is 14.1. The molecule has 106 valence electrons. The van der Waals surface area contributed by atoms with Crippen LogP contribution in [-0.4, -0.2) is 29.6 Å². The molecule has 1 amide bonds. The highest BCUT2D eigenvalue weighted by molar-refractivity contribution is 5.76. The Balaban J connectivity index is 1.96. The third-order valence-corrected chi connectivity index (χ3v) is 4.38. The molecule has 1 aromatic heterocycles. The molecule has 0 unspecified atom stereocenters. The van der Waals surface area contributed by atoms with Crippen molar-refractivity contribution < 1.29 is 9.32 Å². The molecule has 0 spiro atoms. The van der Waals surface area contributed by atoms with E-state index in [9.17, 15) is 4.79 Å². The molecule has 5 heteroatoms. The van der Waals surface area contributed by atoms with Crippen molar-refractivity contribution in [1.82, 2.24) is 10.1 Å². The second-order valence-corrected chi connectivity index (χ2v) is 5.79. The van der Waals surface area contributed by atoms with Crippen LogP contribution in [0.2, 0.25) is 0 Å². The summed E-state index contributed by atoms with van der Waals surface area (Å²) in [5, 5.41) is 3.91. The highest BCUT2D eigenvalue weighted by Gasteiger charge is 2.38. The zero-order valence-corrected chi connectivity index (χ0v) is 12.0. The number of amides is 1. The number of carbonyl (C=O) groups is 1. The zero-order valence-electron chi connectivity index (χ0n) is 12.0. The molecule has 2 rings (SSSR count). The third kappa shape index (κ3) is 2.81. The van der Waals surface area contributed by atoms with Crippen molar-refractivity contribution in [2.45, 2.75) is 46.1 Å². The number of hydrogen-bond acceptors (Lipinski definition) is 4. The lowest BCUT2D eigenvalue weighted by Gasteiger charge is -2.41. The number of rotatable bonds is 5. The lowest BCUT2D eigenvalue weighted by molar-refractivity contribution is -0.134. The first-order valence-electron chi connectivity index (χ1n) is 6.83. The summed E-state index contributed by atoms with van der Waals surface area (Å²) in [4.78, 5) is 14.0. The molecule has 1 saturated carbocycles. The number of aryl methyl sites for hydroxylation is 2. The molecule has 5 nitrogen and oxygen atoms in total. The largest absolute Gasteiger partial charge is 0.361 e. The van der Waals surface area contributed by atoms with E-state index in [1.54, 1.807) is 4.90 Å². The molecule has 0 saturated heterocycles. The Labute approximate surface area is 114 Å². The molecule has 0 aliphatic heterocycles. The van der Waals surface area contributed by atoms with Crippen LogP contribution in [0.1, 0.15) is 42.7 Å². The van der Waals surface area contributed by atoms with E-state index in [0.717, 1.165) is 29.9 Å². The molecule has 2 N–H and O–H groups in total. The van der Waals surface area contributed by atoms with Crippen LogP contribution < -0.4 is 5.73 Å². The Hall–Kier alpha value is -1.36. The standard InChI is InChI=1S/C14H23N3O2/c1-10-12(11(2)19-16-10)8-17(3)13(18)7-14(9-15)5-4-6-14/h4-9,15H2,1-3H3. The lowest BCUT2D eigenvalue weighted by Crippen LogP contribution is -2.42. The van der Waals surface area contributed by atoms with Gasteiger partial charge in [0.15, 0.2) is 0 Å². The van der Waals surface area contributed by atoms with Gasteiger partial charge in [0.05, 0.1) is 12.2 Å². The van der Waals surface area contributed by atoms with E-state index in [2.05, 4.69) is 5.16 Å². The zero-order chi connectivity index (χ0) is 14.0. The predicted octanol–water partition coefficient (Wildman–Crippen LogP) is 1.77. The maximum absolute atomic E-state index is 12.3. The van der Waals surface area contributed by atoms with Gasteiger partial charge < -0.3 is 15.2 Å². The molecule has 1 aliphatic carbocycles. The molecule has 0 bridgehead atoms. The molecule has 1 aliphatic rings. The molecule has 0 radical (unpaired) electrons. The molecule has 0 aromatic carbocycles. The summed E-state index contributed by atoms with van der Waals surface area (Å²) in [7, 11) is 1.83. The summed E-state index contributed by atoms with van der Waals surface area (Å²) in [6.07, 6.45) is 3.91. The van der Waals surface area contributed by atoms with Gasteiger partial charge in [-0.15, -0.1) is 0 Å². The Morgan fingerprint density at radius 1 is 1.47 bits per heavy atom. The summed E-state index contributed by atoms with van der Waals surface area (Å²) in [5.74, 6) is 0.944. The maximum Gasteiger partial charge on any atom is 0.223 e. The van der Waals surface area contributed by atoms with E-state index >= 15 is 0 Å². The van der Waals surface area contributed by atoms with Crippen molar-refractivity contribution in [3.63, 3.8) is 0 Å². The van der Waals surface area contributed by atoms with Crippen LogP contribution in [0.25, 0.3) is 0 Å². The minimum absolute atomic E-state index is 0.0596. The first-order valence-corrected chi connectivity index (χ1v) is 6.83. The Morgan fingerprint density at radius 2 is 2.16 bits per heavy atom. The topological polar surface area (TPSA) is 72.4 Å². The van der Waals surface area contributed by atoms with Gasteiger partial charge in [-0.25, -0.2) is 0 Å². The van der Waals surface area contributed by atoms with Crippen LogP contribution in [0.4, 0.5) is 0 Å². The fourth-order valence-corrected chi connectivity index (χ4v) is 2.64. The van der Waals surface area contributed by atoms with Gasteiger partial charge in [0.1, 0.15) is 5.76 Å². The van der Waals surface area contributed by atoms with Gasteiger partial charge in [-0.1, -0.05) is 11.6 Å². The average molecular weight is 265 g/mol. The van der Waals surface area contributed by atoms with Gasteiger partial charge in [0.2, 0.25) is 5.91 Å². The summed E-state index contributed by atoms with van der Waals surface area (Å²) in [6, 6.07) is 0. The SMILES string of the molecule is Cc1noc(C)c1CN(C)C(=O)CC1(CN)CCC1. The second kappa shape index (κ2) is 5.33. The maximum atomic E-state index is 12.3. The molecular weight excluding hydrogens is 242 g/mol. The normalized spacial score (nSPS) is 17.1. The van der Waals surface area contributed by atoms with Crippen LogP contribution in [0, 0.1) is 19.3 Å². The molecule has 19 heavy (non-hydrogen) atoms. The van der Waals surface area contributed by atoms with Crippen molar-refractivity contribution in [3.8, 4) is 0 Å². The Kier molecular flexibility index (Phi) is 3.94. The van der Waals surface area contributed by atoms with Crippen LogP contribution >= 0.6 is 0 Å². The Bertz CT molecular complexity index is 438. The van der Waals surface area contributed by atoms with E-state index in [1.807, 2.05) is 20.9 Å². The van der Waals surface area contributed by atoms with Crippen LogP contribution in [0.3, 0.4) is 0 Å². The number of nitrogens with zero attached hydrogens (tertiary/aromatic N) is 2. The van der Waals surface area contributed by atoms with Crippen LogP contribution in [-0.2, 0) is 11.3 Å². The van der Waals surface area contributed by atoms with Gasteiger partial charge in [0, 0.05) is 19.0 Å². The van der Waals surface area contributed by atoms with Crippen molar-refractivity contribution >= 4 is 5.91 Å². The summed E-state index contributed by atoms with van der Waals surface area (Å²) in [6.45, 7) is 4.94. The monoisotopic (exact) mass is 265 g/mol. The summed E-state index contributed by atoms with van der Waals surface area (Å²) in [5.41, 5.74) is 7.73. The molecular formula is C14H23N3O2. The van der Waals surface area contributed by atoms with Crippen LogP contribution in [0.15, 0.2) is 4.52 Å². The molecule has 1 heterocycles.